The van der Waals surface area contributed by atoms with Crippen molar-refractivity contribution >= 4 is 17.3 Å². The van der Waals surface area contributed by atoms with Gasteiger partial charge in [0.25, 0.3) is 5.91 Å². The van der Waals surface area contributed by atoms with Crippen LogP contribution < -0.4 is 16.4 Å². The molecule has 23 heavy (non-hydrogen) atoms. The number of pyridine rings is 1. The van der Waals surface area contributed by atoms with Crippen molar-refractivity contribution in [1.82, 2.24) is 10.3 Å². The number of nitrogens with zero attached hydrogens (tertiary/aromatic N) is 1. The second-order valence-corrected chi connectivity index (χ2v) is 5.70. The van der Waals surface area contributed by atoms with Gasteiger partial charge < -0.3 is 21.1 Å². The quantitative estimate of drug-likeness (QED) is 0.609. The van der Waals surface area contributed by atoms with Crippen molar-refractivity contribution in [2.45, 2.75) is 20.0 Å². The summed E-state index contributed by atoms with van der Waals surface area (Å²) < 4.78 is 5.62. The van der Waals surface area contributed by atoms with E-state index < -0.39 is 5.91 Å². The summed E-state index contributed by atoms with van der Waals surface area (Å²) in [6, 6.07) is 3.57. The van der Waals surface area contributed by atoms with E-state index in [4.69, 9.17) is 15.9 Å². The number of carbonyl (C=O) groups excluding carboxylic acids is 1. The molecule has 0 aliphatic carbocycles. The molecule has 1 aromatic rings. The molecule has 7 nitrogen and oxygen atoms in total. The average Bonchev–Trinajstić information content (AvgIpc) is 2.56. The molecule has 2 rings (SSSR count). The van der Waals surface area contributed by atoms with Crippen LogP contribution in [0, 0.1) is 11.3 Å². The Kier molecular flexibility index (Phi) is 5.84. The minimum atomic E-state index is -0.515. The third kappa shape index (κ3) is 4.87. The summed E-state index contributed by atoms with van der Waals surface area (Å²) in [5.74, 6) is -0.424. The van der Waals surface area contributed by atoms with Gasteiger partial charge in [-0.3, -0.25) is 15.2 Å². The monoisotopic (exact) mass is 317 g/mol. The number of morpholine rings is 1. The lowest BCUT2D eigenvalue weighted by atomic mass is 10.1. The Morgan fingerprint density at radius 2 is 2.35 bits per heavy atom. The van der Waals surface area contributed by atoms with Gasteiger partial charge in [0.15, 0.2) is 0 Å². The van der Waals surface area contributed by atoms with E-state index in [-0.39, 0.29) is 17.7 Å². The predicted octanol–water partition coefficient (Wildman–Crippen LogP) is 1.20. The molecule has 2 heterocycles. The Hall–Kier alpha value is -2.25. The first-order valence-electron chi connectivity index (χ1n) is 7.62. The second-order valence-electron chi connectivity index (χ2n) is 5.70. The summed E-state index contributed by atoms with van der Waals surface area (Å²) in [6.07, 6.45) is 2.87. The highest BCUT2D eigenvalue weighted by Gasteiger charge is 2.17. The zero-order valence-electron chi connectivity index (χ0n) is 13.4. The first kappa shape index (κ1) is 17.1. The predicted molar refractivity (Wildman–Crippen MR) is 89.3 cm³/mol. The van der Waals surface area contributed by atoms with Crippen LogP contribution >= 0.6 is 0 Å². The number of aromatic nitrogens is 1. The molecule has 1 aliphatic heterocycles. The number of hydrogen-bond donors (Lipinski definition) is 4. The molecule has 7 heteroatoms. The maximum atomic E-state index is 12.0. The van der Waals surface area contributed by atoms with Crippen LogP contribution in [-0.2, 0) is 9.53 Å². The number of carbonyl (C=O) groups is 1. The van der Waals surface area contributed by atoms with E-state index in [2.05, 4.69) is 15.6 Å². The van der Waals surface area contributed by atoms with E-state index in [1.807, 2.05) is 19.9 Å². The van der Waals surface area contributed by atoms with Crippen LogP contribution in [0.2, 0.25) is 0 Å². The topological polar surface area (TPSA) is 113 Å². The second kappa shape index (κ2) is 7.85. The van der Waals surface area contributed by atoms with Crippen molar-refractivity contribution in [3.63, 3.8) is 0 Å². The van der Waals surface area contributed by atoms with Crippen molar-refractivity contribution in [3.05, 3.63) is 35.8 Å². The molecule has 1 aromatic heterocycles. The van der Waals surface area contributed by atoms with E-state index in [1.165, 1.54) is 6.08 Å². The van der Waals surface area contributed by atoms with Crippen molar-refractivity contribution in [3.8, 4) is 0 Å². The Bertz CT molecular complexity index is 589. The molecule has 1 amide bonds. The molecule has 1 fully saturated rings. The Balaban J connectivity index is 1.96. The van der Waals surface area contributed by atoms with Gasteiger partial charge in [0.2, 0.25) is 0 Å². The molecule has 1 atom stereocenters. The molecule has 0 saturated carbocycles. The number of nitrogens with one attached hydrogen (secondary N) is 3. The van der Waals surface area contributed by atoms with Gasteiger partial charge in [0.1, 0.15) is 11.8 Å². The lowest BCUT2D eigenvalue weighted by Crippen LogP contribution is -2.33. The number of rotatable bonds is 5. The van der Waals surface area contributed by atoms with E-state index in [9.17, 15) is 4.79 Å². The highest BCUT2D eigenvalue weighted by molar-refractivity contribution is 6.46. The molecule has 5 N–H and O–H groups in total. The van der Waals surface area contributed by atoms with E-state index in [0.29, 0.717) is 18.0 Å². The van der Waals surface area contributed by atoms with Crippen LogP contribution in [0.3, 0.4) is 0 Å². The van der Waals surface area contributed by atoms with Gasteiger partial charge in [0.05, 0.1) is 24.2 Å². The summed E-state index contributed by atoms with van der Waals surface area (Å²) in [4.78, 5) is 16.3. The zero-order valence-corrected chi connectivity index (χ0v) is 13.4. The summed E-state index contributed by atoms with van der Waals surface area (Å²) in [6.45, 7) is 6.04. The van der Waals surface area contributed by atoms with Gasteiger partial charge >= 0.3 is 0 Å². The van der Waals surface area contributed by atoms with Crippen LogP contribution in [0.1, 0.15) is 25.6 Å². The van der Waals surface area contributed by atoms with Gasteiger partial charge in [0, 0.05) is 18.8 Å². The van der Waals surface area contributed by atoms with Crippen LogP contribution in [0.25, 0.3) is 0 Å². The normalized spacial score (nSPS) is 18.7. The van der Waals surface area contributed by atoms with E-state index >= 15 is 0 Å². The zero-order chi connectivity index (χ0) is 16.8. The number of allylic oxidation sites excluding steroid dienone is 1. The summed E-state index contributed by atoms with van der Waals surface area (Å²) >= 11 is 0. The fraction of sp³-hybridized carbons (Fsp3) is 0.438. The fourth-order valence-corrected chi connectivity index (χ4v) is 2.02. The Morgan fingerprint density at radius 1 is 1.57 bits per heavy atom. The molecule has 0 bridgehead atoms. The van der Waals surface area contributed by atoms with Crippen LogP contribution in [0.15, 0.2) is 30.1 Å². The third-order valence-corrected chi connectivity index (χ3v) is 3.52. The third-order valence-electron chi connectivity index (χ3n) is 3.52. The van der Waals surface area contributed by atoms with Gasteiger partial charge in [-0.15, -0.1) is 0 Å². The lowest BCUT2D eigenvalue weighted by Gasteiger charge is -2.23. The molecule has 124 valence electrons. The molecule has 1 saturated heterocycles. The smallest absolute Gasteiger partial charge is 0.273 e. The molecule has 0 aromatic carbocycles. The highest BCUT2D eigenvalue weighted by atomic mass is 16.5. The average molecular weight is 317 g/mol. The standard InChI is InChI=1S/C16H23N5O2/c1-10(2)12(17)7-13(18)16(22)21-11-3-4-14(20-8-11)15-9-19-5-6-23-15/h3-4,7-8,10,15,18-19H,5-6,9,17H2,1-2H3,(H,21,22)/b12-7-,18-13?/t15-/m0/s1. The molecule has 0 radical (unpaired) electrons. The lowest BCUT2D eigenvalue weighted by molar-refractivity contribution is -0.110. The number of anilines is 1. The number of ether oxygens (including phenoxy) is 1. The summed E-state index contributed by atoms with van der Waals surface area (Å²) in [5, 5.41) is 13.6. The maximum Gasteiger partial charge on any atom is 0.273 e. The molecular weight excluding hydrogens is 294 g/mol. The molecule has 0 unspecified atom stereocenters. The number of nitrogens with two attached hydrogens (primary N) is 1. The van der Waals surface area contributed by atoms with Gasteiger partial charge in [-0.25, -0.2) is 0 Å². The van der Waals surface area contributed by atoms with Gasteiger partial charge in [-0.1, -0.05) is 13.8 Å². The van der Waals surface area contributed by atoms with Gasteiger partial charge in [-0.05, 0) is 24.1 Å². The highest BCUT2D eigenvalue weighted by Crippen LogP contribution is 2.18. The SMILES string of the molecule is CC(C)/C(N)=C/C(=N)C(=O)Nc1ccc([C@@H]2CNCCO2)nc1. The largest absolute Gasteiger partial charge is 0.402 e. The van der Waals surface area contributed by atoms with Gasteiger partial charge in [-0.2, -0.15) is 0 Å². The maximum absolute atomic E-state index is 12.0. The summed E-state index contributed by atoms with van der Waals surface area (Å²) in [5.41, 5.74) is 7.42. The van der Waals surface area contributed by atoms with Crippen molar-refractivity contribution in [2.75, 3.05) is 25.0 Å². The van der Waals surface area contributed by atoms with E-state index in [0.717, 1.165) is 18.8 Å². The number of amides is 1. The Labute approximate surface area is 135 Å². The van der Waals surface area contributed by atoms with Crippen molar-refractivity contribution in [1.29, 1.82) is 5.41 Å². The van der Waals surface area contributed by atoms with Crippen LogP contribution in [0.5, 0.6) is 0 Å². The van der Waals surface area contributed by atoms with E-state index in [1.54, 1.807) is 12.3 Å². The fourth-order valence-electron chi connectivity index (χ4n) is 2.02. The van der Waals surface area contributed by atoms with Crippen molar-refractivity contribution in [2.24, 2.45) is 11.7 Å². The first-order valence-corrected chi connectivity index (χ1v) is 7.62. The summed E-state index contributed by atoms with van der Waals surface area (Å²) in [7, 11) is 0. The van der Waals surface area contributed by atoms with Crippen LogP contribution in [-0.4, -0.2) is 36.3 Å². The molecular formula is C16H23N5O2. The Morgan fingerprint density at radius 3 is 2.91 bits per heavy atom. The minimum Gasteiger partial charge on any atom is -0.402 e. The first-order chi connectivity index (χ1) is 11.0. The van der Waals surface area contributed by atoms with Crippen molar-refractivity contribution < 1.29 is 9.53 Å². The minimum absolute atomic E-state index is 0.0689. The molecule has 0 spiro atoms. The van der Waals surface area contributed by atoms with Crippen LogP contribution in [0.4, 0.5) is 5.69 Å². The number of hydrogen-bond acceptors (Lipinski definition) is 6. The molecule has 1 aliphatic rings.